The lowest BCUT2D eigenvalue weighted by molar-refractivity contribution is 0.209. The van der Waals surface area contributed by atoms with E-state index in [1.54, 1.807) is 6.20 Å². The Balaban J connectivity index is 2.12. The van der Waals surface area contributed by atoms with E-state index in [2.05, 4.69) is 17.3 Å². The molecule has 1 aliphatic rings. The molecule has 1 fully saturated rings. The van der Waals surface area contributed by atoms with Crippen molar-refractivity contribution in [2.75, 3.05) is 0 Å². The molecule has 1 heterocycles. The standard InChI is InChI=1S/C14H22FN3/c1-2-10-4-3-5-11(6-10)14(18-16)12-7-13(15)9-17-8-12/h7-11,14,18H,2-6,16H2,1H3. The van der Waals surface area contributed by atoms with Crippen molar-refractivity contribution in [2.45, 2.75) is 45.1 Å². The SMILES string of the molecule is CCC1CCCC(C(NN)c2cncc(F)c2)C1. The van der Waals surface area contributed by atoms with E-state index in [9.17, 15) is 4.39 Å². The van der Waals surface area contributed by atoms with Crippen LogP contribution in [-0.2, 0) is 0 Å². The molecule has 0 saturated heterocycles. The third-order valence-corrected chi connectivity index (χ3v) is 4.14. The summed E-state index contributed by atoms with van der Waals surface area (Å²) in [7, 11) is 0. The molecule has 0 amide bonds. The van der Waals surface area contributed by atoms with Crippen molar-refractivity contribution in [1.29, 1.82) is 0 Å². The molecule has 18 heavy (non-hydrogen) atoms. The second kappa shape index (κ2) is 6.25. The van der Waals surface area contributed by atoms with Crippen molar-refractivity contribution in [1.82, 2.24) is 10.4 Å². The summed E-state index contributed by atoms with van der Waals surface area (Å²) < 4.78 is 13.2. The highest BCUT2D eigenvalue weighted by Gasteiger charge is 2.28. The van der Waals surface area contributed by atoms with E-state index in [0.717, 1.165) is 17.9 Å². The number of aromatic nitrogens is 1. The molecule has 1 aromatic heterocycles. The van der Waals surface area contributed by atoms with E-state index in [-0.39, 0.29) is 11.9 Å². The third-order valence-electron chi connectivity index (χ3n) is 4.14. The molecule has 1 aromatic rings. The highest BCUT2D eigenvalue weighted by atomic mass is 19.1. The molecule has 2 rings (SSSR count). The number of hydrogen-bond acceptors (Lipinski definition) is 3. The molecule has 3 nitrogen and oxygen atoms in total. The van der Waals surface area contributed by atoms with Gasteiger partial charge in [-0.15, -0.1) is 0 Å². The van der Waals surface area contributed by atoms with Gasteiger partial charge in [0.25, 0.3) is 0 Å². The minimum Gasteiger partial charge on any atom is -0.271 e. The first-order chi connectivity index (χ1) is 8.74. The average Bonchev–Trinajstić information content (AvgIpc) is 2.40. The van der Waals surface area contributed by atoms with Crippen LogP contribution in [0.4, 0.5) is 4.39 Å². The van der Waals surface area contributed by atoms with Crippen molar-refractivity contribution < 1.29 is 4.39 Å². The number of nitrogens with one attached hydrogen (secondary N) is 1. The smallest absolute Gasteiger partial charge is 0.141 e. The fourth-order valence-electron chi connectivity index (χ4n) is 3.11. The molecule has 1 aliphatic carbocycles. The number of rotatable bonds is 4. The summed E-state index contributed by atoms with van der Waals surface area (Å²) in [6, 6.07) is 1.55. The molecule has 0 aromatic carbocycles. The van der Waals surface area contributed by atoms with Gasteiger partial charge in [-0.2, -0.15) is 0 Å². The fourth-order valence-corrected chi connectivity index (χ4v) is 3.11. The Kier molecular flexibility index (Phi) is 4.66. The Morgan fingerprint density at radius 2 is 2.33 bits per heavy atom. The quantitative estimate of drug-likeness (QED) is 0.639. The second-order valence-corrected chi connectivity index (χ2v) is 5.28. The highest BCUT2D eigenvalue weighted by molar-refractivity contribution is 5.16. The number of nitrogens with zero attached hydrogens (tertiary/aromatic N) is 1. The van der Waals surface area contributed by atoms with Crippen molar-refractivity contribution >= 4 is 0 Å². The van der Waals surface area contributed by atoms with E-state index in [4.69, 9.17) is 5.84 Å². The lowest BCUT2D eigenvalue weighted by Gasteiger charge is -2.34. The Morgan fingerprint density at radius 3 is 3.00 bits per heavy atom. The van der Waals surface area contributed by atoms with E-state index in [1.807, 2.05) is 0 Å². The average molecular weight is 251 g/mol. The first-order valence-corrected chi connectivity index (χ1v) is 6.81. The molecular weight excluding hydrogens is 229 g/mol. The normalized spacial score (nSPS) is 25.9. The maximum Gasteiger partial charge on any atom is 0.141 e. The van der Waals surface area contributed by atoms with Gasteiger partial charge < -0.3 is 0 Å². The van der Waals surface area contributed by atoms with Crippen LogP contribution in [0.15, 0.2) is 18.5 Å². The molecule has 0 radical (unpaired) electrons. The van der Waals surface area contributed by atoms with Gasteiger partial charge >= 0.3 is 0 Å². The summed E-state index contributed by atoms with van der Waals surface area (Å²) >= 11 is 0. The summed E-state index contributed by atoms with van der Waals surface area (Å²) in [6.45, 7) is 2.24. The van der Waals surface area contributed by atoms with Gasteiger partial charge in [0.1, 0.15) is 5.82 Å². The lowest BCUT2D eigenvalue weighted by Crippen LogP contribution is -2.36. The number of halogens is 1. The maximum atomic E-state index is 13.2. The molecule has 1 saturated carbocycles. The van der Waals surface area contributed by atoms with Crippen LogP contribution >= 0.6 is 0 Å². The molecule has 0 bridgehead atoms. The van der Waals surface area contributed by atoms with Crippen LogP contribution in [0.2, 0.25) is 0 Å². The monoisotopic (exact) mass is 251 g/mol. The zero-order chi connectivity index (χ0) is 13.0. The van der Waals surface area contributed by atoms with Gasteiger partial charge in [0.2, 0.25) is 0 Å². The summed E-state index contributed by atoms with van der Waals surface area (Å²) in [5.74, 6) is 6.64. The zero-order valence-electron chi connectivity index (χ0n) is 10.9. The van der Waals surface area contributed by atoms with Gasteiger partial charge in [-0.25, -0.2) is 4.39 Å². The molecule has 100 valence electrons. The van der Waals surface area contributed by atoms with Crippen molar-refractivity contribution in [3.8, 4) is 0 Å². The Morgan fingerprint density at radius 1 is 1.50 bits per heavy atom. The highest BCUT2D eigenvalue weighted by Crippen LogP contribution is 2.37. The Hall–Kier alpha value is -1.00. The van der Waals surface area contributed by atoms with E-state index in [0.29, 0.717) is 5.92 Å². The number of hydrogen-bond donors (Lipinski definition) is 2. The van der Waals surface area contributed by atoms with Crippen molar-refractivity contribution in [3.05, 3.63) is 29.8 Å². The van der Waals surface area contributed by atoms with Crippen LogP contribution in [0.1, 0.15) is 50.6 Å². The molecule has 3 unspecified atom stereocenters. The first kappa shape index (κ1) is 13.4. The third kappa shape index (κ3) is 3.06. The van der Waals surface area contributed by atoms with Crippen LogP contribution in [0, 0.1) is 17.7 Å². The number of hydrazine groups is 1. The van der Waals surface area contributed by atoms with Gasteiger partial charge in [-0.3, -0.25) is 16.3 Å². The van der Waals surface area contributed by atoms with Gasteiger partial charge in [-0.1, -0.05) is 26.2 Å². The summed E-state index contributed by atoms with van der Waals surface area (Å²) in [4.78, 5) is 3.92. The number of pyridine rings is 1. The molecule has 4 heteroatoms. The minimum absolute atomic E-state index is 0.0162. The van der Waals surface area contributed by atoms with Crippen LogP contribution in [-0.4, -0.2) is 4.98 Å². The second-order valence-electron chi connectivity index (χ2n) is 5.28. The summed E-state index contributed by atoms with van der Waals surface area (Å²) in [5, 5.41) is 0. The van der Waals surface area contributed by atoms with E-state index < -0.39 is 0 Å². The largest absolute Gasteiger partial charge is 0.271 e. The molecule has 0 spiro atoms. The fraction of sp³-hybridized carbons (Fsp3) is 0.643. The molecular formula is C14H22FN3. The maximum absolute atomic E-state index is 13.2. The topological polar surface area (TPSA) is 50.9 Å². The molecule has 3 N–H and O–H groups in total. The van der Waals surface area contributed by atoms with Crippen LogP contribution in [0.25, 0.3) is 0 Å². The predicted octanol–water partition coefficient (Wildman–Crippen LogP) is 2.94. The van der Waals surface area contributed by atoms with Gasteiger partial charge in [-0.05, 0) is 36.3 Å². The first-order valence-electron chi connectivity index (χ1n) is 6.81. The number of nitrogens with two attached hydrogens (primary N) is 1. The van der Waals surface area contributed by atoms with Gasteiger partial charge in [0.15, 0.2) is 0 Å². The van der Waals surface area contributed by atoms with Crippen LogP contribution in [0.3, 0.4) is 0 Å². The van der Waals surface area contributed by atoms with E-state index in [1.165, 1.54) is 37.9 Å². The Labute approximate surface area is 108 Å². The van der Waals surface area contributed by atoms with Crippen LogP contribution < -0.4 is 11.3 Å². The lowest BCUT2D eigenvalue weighted by atomic mass is 9.75. The Bertz CT molecular complexity index is 383. The van der Waals surface area contributed by atoms with Crippen LogP contribution in [0.5, 0.6) is 0 Å². The minimum atomic E-state index is -0.296. The van der Waals surface area contributed by atoms with Crippen molar-refractivity contribution in [3.63, 3.8) is 0 Å². The zero-order valence-corrected chi connectivity index (χ0v) is 10.9. The summed E-state index contributed by atoms with van der Waals surface area (Å²) in [5.41, 5.74) is 3.71. The van der Waals surface area contributed by atoms with Crippen molar-refractivity contribution in [2.24, 2.45) is 17.7 Å². The summed E-state index contributed by atoms with van der Waals surface area (Å²) in [6.07, 6.45) is 9.03. The van der Waals surface area contributed by atoms with Gasteiger partial charge in [0.05, 0.1) is 12.2 Å². The van der Waals surface area contributed by atoms with Gasteiger partial charge in [0, 0.05) is 6.20 Å². The predicted molar refractivity (Wildman–Crippen MR) is 70.0 cm³/mol. The molecule has 0 aliphatic heterocycles. The van der Waals surface area contributed by atoms with E-state index >= 15 is 0 Å². The molecule has 3 atom stereocenters.